The molecule has 0 unspecified atom stereocenters. The second-order valence-electron chi connectivity index (χ2n) is 13.3. The number of ether oxygens (including phenoxy) is 2. The van der Waals surface area contributed by atoms with Gasteiger partial charge in [-0.3, -0.25) is 4.79 Å². The van der Waals surface area contributed by atoms with E-state index in [4.69, 9.17) is 13.9 Å². The molecule has 0 aliphatic carbocycles. The number of H-pyrrole nitrogens is 3. The molecule has 0 spiro atoms. The highest BCUT2D eigenvalue weighted by Crippen LogP contribution is 2.48. The van der Waals surface area contributed by atoms with Crippen LogP contribution in [0.15, 0.2) is 74.9 Å². The Kier molecular flexibility index (Phi) is 5.98. The number of fused-ring (bicyclic) bond motifs is 10. The molecule has 0 fully saturated rings. The molecule has 0 amide bonds. The number of rotatable bonds is 2. The first kappa shape index (κ1) is 28.6. The molecule has 11 heteroatoms. The lowest BCUT2D eigenvalue weighted by Crippen LogP contribution is -2.18. The van der Waals surface area contributed by atoms with Gasteiger partial charge in [0.25, 0.3) is 5.56 Å². The molecular formula is C36H30N4O7. The fourth-order valence-electron chi connectivity index (χ4n) is 6.81. The average molecular weight is 631 g/mol. The standard InChI is InChI=1S/C18H16N2O4.C18H14N2O3/c1-18(2)8-24-15-10(18)5-6-11-13(15)12(14(20-11)17(22)23)9-4-3-7-19-16(9)21;1-18(2)8-22-15-10(18)5-6-11-13(15)12-9-4-3-7-19-16(9)23-17(21)14(12)20-11/h3-7,20H,8H2,1-2H3,(H,19,21)(H,22,23);3-7,20H,8H2,1-2H3. The first-order chi connectivity index (χ1) is 22.5. The second-order valence-corrected chi connectivity index (χ2v) is 13.3. The van der Waals surface area contributed by atoms with Crippen molar-refractivity contribution < 1.29 is 23.8 Å². The number of hydrogen-bond donors (Lipinski definition) is 4. The molecule has 0 bridgehead atoms. The molecule has 0 saturated carbocycles. The molecule has 7 aromatic rings. The van der Waals surface area contributed by atoms with E-state index in [1.807, 2.05) is 30.3 Å². The first-order valence-electron chi connectivity index (χ1n) is 15.2. The van der Waals surface area contributed by atoms with Gasteiger partial charge in [0.05, 0.1) is 40.6 Å². The van der Waals surface area contributed by atoms with E-state index in [2.05, 4.69) is 53.7 Å². The minimum absolute atomic E-state index is 0.0107. The summed E-state index contributed by atoms with van der Waals surface area (Å²) < 4.78 is 17.2. The van der Waals surface area contributed by atoms with Crippen LogP contribution in [0.4, 0.5) is 0 Å². The van der Waals surface area contributed by atoms with E-state index in [1.54, 1.807) is 18.3 Å². The van der Waals surface area contributed by atoms with Crippen molar-refractivity contribution >= 4 is 49.8 Å². The van der Waals surface area contributed by atoms with Crippen LogP contribution in [0.1, 0.15) is 49.3 Å². The number of benzene rings is 2. The number of carbonyl (C=O) groups is 1. The van der Waals surface area contributed by atoms with Crippen molar-refractivity contribution in [3.05, 3.63) is 98.5 Å². The lowest BCUT2D eigenvalue weighted by molar-refractivity contribution is 0.0692. The normalized spacial score (nSPS) is 15.7. The van der Waals surface area contributed by atoms with Crippen molar-refractivity contribution in [1.29, 1.82) is 0 Å². The Balaban J connectivity index is 0.000000138. The van der Waals surface area contributed by atoms with Gasteiger partial charge in [0, 0.05) is 50.7 Å². The molecular weight excluding hydrogens is 600 g/mol. The second kappa shape index (κ2) is 9.83. The molecule has 4 N–H and O–H groups in total. The van der Waals surface area contributed by atoms with Crippen molar-refractivity contribution in [2.45, 2.75) is 38.5 Å². The van der Waals surface area contributed by atoms with Crippen LogP contribution in [0, 0.1) is 0 Å². The zero-order valence-corrected chi connectivity index (χ0v) is 26.0. The number of aromatic carboxylic acids is 1. The third kappa shape index (κ3) is 4.19. The summed E-state index contributed by atoms with van der Waals surface area (Å²) in [6.07, 6.45) is 3.14. The Bertz CT molecular complexity index is 2570. The summed E-state index contributed by atoms with van der Waals surface area (Å²) in [5.41, 5.74) is 4.22. The highest BCUT2D eigenvalue weighted by atomic mass is 16.5. The molecule has 47 heavy (non-hydrogen) atoms. The number of aromatic nitrogens is 4. The van der Waals surface area contributed by atoms with E-state index in [0.717, 1.165) is 38.6 Å². The summed E-state index contributed by atoms with van der Waals surface area (Å²) >= 11 is 0. The van der Waals surface area contributed by atoms with E-state index >= 15 is 0 Å². The van der Waals surface area contributed by atoms with Gasteiger partial charge in [0.15, 0.2) is 0 Å². The number of pyridine rings is 2. The van der Waals surface area contributed by atoms with Gasteiger partial charge in [-0.05, 0) is 36.4 Å². The number of nitrogens with one attached hydrogen (secondary N) is 3. The molecule has 2 aliphatic heterocycles. The zero-order chi connectivity index (χ0) is 32.8. The Morgan fingerprint density at radius 2 is 1.49 bits per heavy atom. The molecule has 0 atom stereocenters. The summed E-state index contributed by atoms with van der Waals surface area (Å²) in [7, 11) is 0. The third-order valence-electron chi connectivity index (χ3n) is 9.18. The number of aromatic amines is 3. The molecule has 11 nitrogen and oxygen atoms in total. The van der Waals surface area contributed by atoms with Gasteiger partial charge in [0.2, 0.25) is 5.71 Å². The smallest absolute Gasteiger partial charge is 0.362 e. The summed E-state index contributed by atoms with van der Waals surface area (Å²) in [6, 6.07) is 14.9. The maximum atomic E-state index is 12.3. The van der Waals surface area contributed by atoms with Gasteiger partial charge in [-0.15, -0.1) is 0 Å². The lowest BCUT2D eigenvalue weighted by atomic mass is 9.86. The van der Waals surface area contributed by atoms with Gasteiger partial charge in [-0.25, -0.2) is 14.6 Å². The molecule has 0 radical (unpaired) electrons. The van der Waals surface area contributed by atoms with Crippen LogP contribution in [0.25, 0.3) is 54.9 Å². The molecule has 5 aromatic heterocycles. The van der Waals surface area contributed by atoms with E-state index in [1.165, 1.54) is 6.20 Å². The molecule has 236 valence electrons. The molecule has 7 heterocycles. The molecule has 2 aliphatic rings. The van der Waals surface area contributed by atoms with Crippen LogP contribution in [-0.2, 0) is 10.8 Å². The van der Waals surface area contributed by atoms with Crippen molar-refractivity contribution in [1.82, 2.24) is 19.9 Å². The Morgan fingerprint density at radius 1 is 0.830 bits per heavy atom. The van der Waals surface area contributed by atoms with E-state index in [-0.39, 0.29) is 22.1 Å². The van der Waals surface area contributed by atoms with Crippen molar-refractivity contribution in [2.75, 3.05) is 13.2 Å². The summed E-state index contributed by atoms with van der Waals surface area (Å²) in [5.74, 6) is 0.393. The van der Waals surface area contributed by atoms with E-state index in [0.29, 0.717) is 52.2 Å². The fourth-order valence-corrected chi connectivity index (χ4v) is 6.81. The lowest BCUT2D eigenvalue weighted by Gasteiger charge is -2.14. The fraction of sp³-hybridized carbons (Fsp3) is 0.222. The molecule has 2 aromatic carbocycles. The van der Waals surface area contributed by atoms with Crippen LogP contribution < -0.4 is 20.7 Å². The predicted molar refractivity (Wildman–Crippen MR) is 178 cm³/mol. The average Bonchev–Trinajstić information content (AvgIpc) is 3.78. The van der Waals surface area contributed by atoms with E-state index in [9.17, 15) is 19.5 Å². The summed E-state index contributed by atoms with van der Waals surface area (Å²) in [4.78, 5) is 49.2. The molecule has 9 rings (SSSR count). The van der Waals surface area contributed by atoms with Gasteiger partial charge in [-0.1, -0.05) is 39.8 Å². The largest absolute Gasteiger partial charge is 0.492 e. The number of carboxylic acids is 1. The molecule has 0 saturated heterocycles. The topological polar surface area (TPSA) is 163 Å². The van der Waals surface area contributed by atoms with Gasteiger partial charge in [0.1, 0.15) is 22.7 Å². The van der Waals surface area contributed by atoms with Crippen molar-refractivity contribution in [3.8, 4) is 22.6 Å². The minimum Gasteiger partial charge on any atom is -0.492 e. The quantitative estimate of drug-likeness (QED) is 0.171. The number of nitrogens with zero attached hydrogens (tertiary/aromatic N) is 1. The van der Waals surface area contributed by atoms with Crippen LogP contribution >= 0.6 is 0 Å². The third-order valence-corrected chi connectivity index (χ3v) is 9.18. The van der Waals surface area contributed by atoms with Crippen LogP contribution in [-0.4, -0.2) is 44.2 Å². The summed E-state index contributed by atoms with van der Waals surface area (Å²) in [5, 5.41) is 12.8. The van der Waals surface area contributed by atoms with Crippen LogP contribution in [0.3, 0.4) is 0 Å². The maximum Gasteiger partial charge on any atom is 0.362 e. The van der Waals surface area contributed by atoms with Gasteiger partial charge >= 0.3 is 11.6 Å². The van der Waals surface area contributed by atoms with Gasteiger partial charge < -0.3 is 33.9 Å². The Hall–Kier alpha value is -5.84. The van der Waals surface area contributed by atoms with Crippen molar-refractivity contribution in [3.63, 3.8) is 0 Å². The minimum atomic E-state index is -1.12. The first-order valence-corrected chi connectivity index (χ1v) is 15.2. The monoisotopic (exact) mass is 630 g/mol. The highest BCUT2D eigenvalue weighted by molar-refractivity contribution is 6.20. The van der Waals surface area contributed by atoms with Gasteiger partial charge in [-0.2, -0.15) is 0 Å². The SMILES string of the molecule is CC1(C)COc2c1ccc1[nH]c(C(=O)O)c(-c3ccc[nH]c3=O)c21.CC1(C)COc2c1ccc1[nH]c3c(=O)oc4ncccc4c3c21. The highest BCUT2D eigenvalue weighted by Gasteiger charge is 2.36. The summed E-state index contributed by atoms with van der Waals surface area (Å²) in [6.45, 7) is 9.61. The number of carboxylic acid groups (broad SMARTS) is 1. The predicted octanol–water partition coefficient (Wildman–Crippen LogP) is 6.38. The van der Waals surface area contributed by atoms with Crippen LogP contribution in [0.2, 0.25) is 0 Å². The Morgan fingerprint density at radius 3 is 2.15 bits per heavy atom. The van der Waals surface area contributed by atoms with Crippen molar-refractivity contribution in [2.24, 2.45) is 0 Å². The number of hydrogen-bond acceptors (Lipinski definition) is 7. The maximum absolute atomic E-state index is 12.3. The Labute approximate surface area is 266 Å². The zero-order valence-electron chi connectivity index (χ0n) is 26.0. The van der Waals surface area contributed by atoms with E-state index < -0.39 is 11.6 Å². The van der Waals surface area contributed by atoms with Crippen LogP contribution in [0.5, 0.6) is 11.5 Å².